The maximum atomic E-state index is 12.7. The van der Waals surface area contributed by atoms with Crippen LogP contribution < -0.4 is 10.5 Å². The van der Waals surface area contributed by atoms with Crippen molar-refractivity contribution >= 4 is 18.3 Å². The van der Waals surface area contributed by atoms with E-state index in [1.807, 2.05) is 36.1 Å². The van der Waals surface area contributed by atoms with Crippen LogP contribution in [0.4, 0.5) is 0 Å². The van der Waals surface area contributed by atoms with Crippen molar-refractivity contribution in [3.05, 3.63) is 42.5 Å². The predicted molar refractivity (Wildman–Crippen MR) is 91.7 cm³/mol. The lowest BCUT2D eigenvalue weighted by Crippen LogP contribution is -2.45. The van der Waals surface area contributed by atoms with Crippen LogP contribution in [0.25, 0.3) is 0 Å². The fourth-order valence-electron chi connectivity index (χ4n) is 2.71. The van der Waals surface area contributed by atoms with E-state index >= 15 is 0 Å². The van der Waals surface area contributed by atoms with Crippen molar-refractivity contribution < 1.29 is 9.53 Å². The number of para-hydroxylation sites is 1. The Morgan fingerprint density at radius 3 is 2.95 bits per heavy atom. The van der Waals surface area contributed by atoms with E-state index < -0.39 is 0 Å². The van der Waals surface area contributed by atoms with E-state index in [0.717, 1.165) is 25.9 Å². The zero-order chi connectivity index (χ0) is 15.2. The van der Waals surface area contributed by atoms with Gasteiger partial charge in [0.25, 0.3) is 5.91 Å². The number of halogens is 1. The van der Waals surface area contributed by atoms with Crippen LogP contribution in [0.2, 0.25) is 0 Å². The summed E-state index contributed by atoms with van der Waals surface area (Å²) in [5, 5.41) is 0. The fourth-order valence-corrected chi connectivity index (χ4v) is 2.71. The SMILES string of the molecule is C=CCOc1ccccc1C(=O)N1CCCC(C(C)N)C1.Cl. The standard InChI is InChI=1S/C17H24N2O2.ClH/c1-3-11-21-16-9-5-4-8-15(16)17(20)19-10-6-7-14(12-19)13(2)18;/h3-5,8-9,13-14H,1,6-7,10-12,18H2,2H3;1H. The fraction of sp³-hybridized carbons (Fsp3) is 0.471. The summed E-state index contributed by atoms with van der Waals surface area (Å²) in [5.41, 5.74) is 6.61. The number of likely N-dealkylation sites (tertiary alicyclic amines) is 1. The largest absolute Gasteiger partial charge is 0.489 e. The highest BCUT2D eigenvalue weighted by molar-refractivity contribution is 5.97. The summed E-state index contributed by atoms with van der Waals surface area (Å²) in [5.74, 6) is 1.02. The van der Waals surface area contributed by atoms with Crippen LogP contribution in [0.5, 0.6) is 5.75 Å². The van der Waals surface area contributed by atoms with Crippen LogP contribution in [-0.4, -0.2) is 36.5 Å². The zero-order valence-electron chi connectivity index (χ0n) is 13.0. The first-order chi connectivity index (χ1) is 10.1. The monoisotopic (exact) mass is 324 g/mol. The Balaban J connectivity index is 0.00000242. The lowest BCUT2D eigenvalue weighted by Gasteiger charge is -2.34. The Morgan fingerprint density at radius 2 is 2.27 bits per heavy atom. The summed E-state index contributed by atoms with van der Waals surface area (Å²) >= 11 is 0. The molecule has 22 heavy (non-hydrogen) atoms. The molecule has 122 valence electrons. The number of nitrogens with zero attached hydrogens (tertiary/aromatic N) is 1. The highest BCUT2D eigenvalue weighted by atomic mass is 35.5. The van der Waals surface area contributed by atoms with Gasteiger partial charge < -0.3 is 15.4 Å². The van der Waals surface area contributed by atoms with Gasteiger partial charge >= 0.3 is 0 Å². The van der Waals surface area contributed by atoms with Gasteiger partial charge in [0.2, 0.25) is 0 Å². The average molecular weight is 325 g/mol. The maximum Gasteiger partial charge on any atom is 0.257 e. The zero-order valence-corrected chi connectivity index (χ0v) is 13.8. The van der Waals surface area contributed by atoms with Crippen molar-refractivity contribution in [2.45, 2.75) is 25.8 Å². The number of benzene rings is 1. The summed E-state index contributed by atoms with van der Waals surface area (Å²) in [7, 11) is 0. The maximum absolute atomic E-state index is 12.7. The molecule has 2 atom stereocenters. The van der Waals surface area contributed by atoms with E-state index in [4.69, 9.17) is 10.5 Å². The molecule has 0 aromatic heterocycles. The number of nitrogens with two attached hydrogens (primary N) is 1. The second kappa shape index (κ2) is 8.81. The van der Waals surface area contributed by atoms with Gasteiger partial charge in [-0.15, -0.1) is 12.4 Å². The van der Waals surface area contributed by atoms with Crippen molar-refractivity contribution in [3.63, 3.8) is 0 Å². The minimum absolute atomic E-state index is 0. The molecule has 2 rings (SSSR count). The first kappa shape index (κ1) is 18.5. The predicted octanol–water partition coefficient (Wildman–Crippen LogP) is 2.87. The van der Waals surface area contributed by atoms with Crippen LogP contribution in [0.15, 0.2) is 36.9 Å². The average Bonchev–Trinajstić information content (AvgIpc) is 2.52. The van der Waals surface area contributed by atoms with E-state index in [2.05, 4.69) is 6.58 Å². The van der Waals surface area contributed by atoms with Crippen LogP contribution >= 0.6 is 12.4 Å². The smallest absolute Gasteiger partial charge is 0.257 e. The number of amides is 1. The summed E-state index contributed by atoms with van der Waals surface area (Å²) in [6, 6.07) is 7.49. The van der Waals surface area contributed by atoms with Gasteiger partial charge in [-0.25, -0.2) is 0 Å². The third-order valence-corrected chi connectivity index (χ3v) is 3.96. The van der Waals surface area contributed by atoms with E-state index in [1.54, 1.807) is 6.08 Å². The second-order valence-corrected chi connectivity index (χ2v) is 5.61. The summed E-state index contributed by atoms with van der Waals surface area (Å²) in [6.07, 6.45) is 3.78. The first-order valence-corrected chi connectivity index (χ1v) is 7.51. The molecule has 1 fully saturated rings. The normalized spacial score (nSPS) is 19.0. The minimum atomic E-state index is 0. The van der Waals surface area contributed by atoms with Gasteiger partial charge in [0, 0.05) is 19.1 Å². The lowest BCUT2D eigenvalue weighted by molar-refractivity contribution is 0.0657. The van der Waals surface area contributed by atoms with E-state index in [1.165, 1.54) is 0 Å². The Bertz CT molecular complexity index is 505. The van der Waals surface area contributed by atoms with Gasteiger partial charge in [0.1, 0.15) is 12.4 Å². The Hall–Kier alpha value is -1.52. The van der Waals surface area contributed by atoms with Gasteiger partial charge in [-0.05, 0) is 37.8 Å². The quantitative estimate of drug-likeness (QED) is 0.847. The van der Waals surface area contributed by atoms with Crippen LogP contribution in [0, 0.1) is 5.92 Å². The van der Waals surface area contributed by atoms with Crippen molar-refractivity contribution in [2.24, 2.45) is 11.7 Å². The molecule has 1 heterocycles. The van der Waals surface area contributed by atoms with Crippen molar-refractivity contribution in [2.75, 3.05) is 19.7 Å². The summed E-state index contributed by atoms with van der Waals surface area (Å²) < 4.78 is 5.58. The summed E-state index contributed by atoms with van der Waals surface area (Å²) in [4.78, 5) is 14.6. The molecule has 0 bridgehead atoms. The number of ether oxygens (including phenoxy) is 1. The molecule has 1 amide bonds. The highest BCUT2D eigenvalue weighted by Gasteiger charge is 2.27. The molecule has 2 unspecified atom stereocenters. The first-order valence-electron chi connectivity index (χ1n) is 7.51. The molecule has 1 aliphatic heterocycles. The number of piperidine rings is 1. The molecule has 1 aliphatic rings. The molecule has 0 radical (unpaired) electrons. The lowest BCUT2D eigenvalue weighted by atomic mass is 9.92. The molecule has 0 saturated carbocycles. The number of rotatable bonds is 5. The number of carbonyl (C=O) groups excluding carboxylic acids is 1. The molecule has 5 heteroatoms. The number of carbonyl (C=O) groups is 1. The third-order valence-electron chi connectivity index (χ3n) is 3.96. The van der Waals surface area contributed by atoms with Crippen LogP contribution in [0.3, 0.4) is 0 Å². The molecule has 0 spiro atoms. The Labute approximate surface area is 138 Å². The summed E-state index contributed by atoms with van der Waals surface area (Å²) in [6.45, 7) is 7.56. The second-order valence-electron chi connectivity index (χ2n) is 5.61. The molecule has 1 aromatic carbocycles. The minimum Gasteiger partial charge on any atom is -0.489 e. The van der Waals surface area contributed by atoms with Crippen LogP contribution in [0.1, 0.15) is 30.1 Å². The van der Waals surface area contributed by atoms with Gasteiger partial charge in [-0.2, -0.15) is 0 Å². The van der Waals surface area contributed by atoms with E-state index in [9.17, 15) is 4.79 Å². The topological polar surface area (TPSA) is 55.6 Å². The van der Waals surface area contributed by atoms with Gasteiger partial charge in [0.15, 0.2) is 0 Å². The molecule has 4 nitrogen and oxygen atoms in total. The number of hydrogen-bond acceptors (Lipinski definition) is 3. The molecule has 1 saturated heterocycles. The van der Waals surface area contributed by atoms with Crippen LogP contribution in [-0.2, 0) is 0 Å². The van der Waals surface area contributed by atoms with E-state index in [0.29, 0.717) is 23.8 Å². The molecule has 1 aromatic rings. The molecular formula is C17H25ClN2O2. The van der Waals surface area contributed by atoms with E-state index in [-0.39, 0.29) is 24.4 Å². The van der Waals surface area contributed by atoms with Gasteiger partial charge in [-0.1, -0.05) is 24.8 Å². The molecular weight excluding hydrogens is 300 g/mol. The Kier molecular flexibility index (Phi) is 7.42. The van der Waals surface area contributed by atoms with Crippen molar-refractivity contribution in [1.82, 2.24) is 4.90 Å². The van der Waals surface area contributed by atoms with Crippen molar-refractivity contribution in [1.29, 1.82) is 0 Å². The van der Waals surface area contributed by atoms with Crippen molar-refractivity contribution in [3.8, 4) is 5.75 Å². The Morgan fingerprint density at radius 1 is 1.55 bits per heavy atom. The molecule has 2 N–H and O–H groups in total. The van der Waals surface area contributed by atoms with Gasteiger partial charge in [-0.3, -0.25) is 4.79 Å². The third kappa shape index (κ3) is 4.49. The highest BCUT2D eigenvalue weighted by Crippen LogP contribution is 2.24. The molecule has 0 aliphatic carbocycles. The van der Waals surface area contributed by atoms with Gasteiger partial charge in [0.05, 0.1) is 5.56 Å². The number of hydrogen-bond donors (Lipinski definition) is 1.